The maximum atomic E-state index is 11.9. The Bertz CT molecular complexity index is 690. The first-order valence-corrected chi connectivity index (χ1v) is 7.53. The summed E-state index contributed by atoms with van der Waals surface area (Å²) in [7, 11) is 1.49. The molecular formula is C19H21NO3. The van der Waals surface area contributed by atoms with Gasteiger partial charge in [0, 0.05) is 12.6 Å². The van der Waals surface area contributed by atoms with Crippen LogP contribution in [0.2, 0.25) is 0 Å². The largest absolute Gasteiger partial charge is 0.504 e. The molecule has 2 N–H and O–H groups in total. The number of carbonyl (C=O) groups excluding carboxylic acids is 1. The Morgan fingerprint density at radius 3 is 2.52 bits per heavy atom. The third-order valence-electron chi connectivity index (χ3n) is 3.53. The molecule has 0 aromatic heterocycles. The Kier molecular flexibility index (Phi) is 5.80. The van der Waals surface area contributed by atoms with Crippen LogP contribution < -0.4 is 10.1 Å². The lowest BCUT2D eigenvalue weighted by Crippen LogP contribution is -2.20. The van der Waals surface area contributed by atoms with E-state index in [0.717, 1.165) is 17.5 Å². The number of amides is 1. The quantitative estimate of drug-likeness (QED) is 0.805. The van der Waals surface area contributed by atoms with Gasteiger partial charge >= 0.3 is 0 Å². The summed E-state index contributed by atoms with van der Waals surface area (Å²) < 4.78 is 5.04. The SMILES string of the molecule is CCc1ccc(/C=C/C(=O)NCc2ccc(O)c(OC)c2)cc1. The van der Waals surface area contributed by atoms with Crippen LogP contribution in [0.25, 0.3) is 6.08 Å². The second-order valence-electron chi connectivity index (χ2n) is 5.15. The number of hydrogen-bond donors (Lipinski definition) is 2. The van der Waals surface area contributed by atoms with E-state index in [4.69, 9.17) is 4.74 Å². The zero-order chi connectivity index (χ0) is 16.7. The van der Waals surface area contributed by atoms with Crippen molar-refractivity contribution < 1.29 is 14.6 Å². The van der Waals surface area contributed by atoms with Crippen molar-refractivity contribution in [2.75, 3.05) is 7.11 Å². The lowest BCUT2D eigenvalue weighted by Gasteiger charge is -2.07. The molecule has 0 fully saturated rings. The molecule has 4 heteroatoms. The Balaban J connectivity index is 1.90. The molecule has 0 spiro atoms. The number of phenolic OH excluding ortho intramolecular Hbond substituents is 1. The van der Waals surface area contributed by atoms with Gasteiger partial charge in [0.2, 0.25) is 5.91 Å². The summed E-state index contributed by atoms with van der Waals surface area (Å²) in [5.41, 5.74) is 3.12. The molecule has 23 heavy (non-hydrogen) atoms. The molecule has 0 aliphatic rings. The highest BCUT2D eigenvalue weighted by atomic mass is 16.5. The third kappa shape index (κ3) is 4.88. The van der Waals surface area contributed by atoms with Gasteiger partial charge in [-0.25, -0.2) is 0 Å². The van der Waals surface area contributed by atoms with E-state index >= 15 is 0 Å². The van der Waals surface area contributed by atoms with Gasteiger partial charge in [0.15, 0.2) is 11.5 Å². The molecule has 2 aromatic rings. The molecule has 0 aliphatic heterocycles. The molecule has 4 nitrogen and oxygen atoms in total. The number of nitrogens with one attached hydrogen (secondary N) is 1. The first kappa shape index (κ1) is 16.6. The van der Waals surface area contributed by atoms with Gasteiger partial charge in [-0.05, 0) is 41.3 Å². The van der Waals surface area contributed by atoms with Crippen molar-refractivity contribution in [2.45, 2.75) is 19.9 Å². The van der Waals surface area contributed by atoms with Crippen molar-refractivity contribution in [3.05, 3.63) is 65.2 Å². The monoisotopic (exact) mass is 311 g/mol. The molecule has 0 aliphatic carbocycles. The van der Waals surface area contributed by atoms with Crippen molar-refractivity contribution in [1.29, 1.82) is 0 Å². The first-order chi connectivity index (χ1) is 11.1. The Labute approximate surface area is 136 Å². The van der Waals surface area contributed by atoms with Crippen molar-refractivity contribution in [2.24, 2.45) is 0 Å². The minimum atomic E-state index is -0.170. The normalized spacial score (nSPS) is 10.7. The molecule has 0 unspecified atom stereocenters. The van der Waals surface area contributed by atoms with Crippen molar-refractivity contribution >= 4 is 12.0 Å². The number of ether oxygens (including phenoxy) is 1. The van der Waals surface area contributed by atoms with Gasteiger partial charge in [0.25, 0.3) is 0 Å². The van der Waals surface area contributed by atoms with Crippen molar-refractivity contribution in [3.63, 3.8) is 0 Å². The maximum Gasteiger partial charge on any atom is 0.244 e. The van der Waals surface area contributed by atoms with Crippen LogP contribution in [0.4, 0.5) is 0 Å². The van der Waals surface area contributed by atoms with Gasteiger partial charge < -0.3 is 15.2 Å². The highest BCUT2D eigenvalue weighted by Crippen LogP contribution is 2.26. The summed E-state index contributed by atoms with van der Waals surface area (Å²) in [5.74, 6) is 0.304. The van der Waals surface area contributed by atoms with E-state index in [9.17, 15) is 9.90 Å². The topological polar surface area (TPSA) is 58.6 Å². The molecule has 120 valence electrons. The van der Waals surface area contributed by atoms with E-state index in [1.54, 1.807) is 24.3 Å². The summed E-state index contributed by atoms with van der Waals surface area (Å²) in [6, 6.07) is 13.1. The first-order valence-electron chi connectivity index (χ1n) is 7.53. The summed E-state index contributed by atoms with van der Waals surface area (Å²) >= 11 is 0. The summed E-state index contributed by atoms with van der Waals surface area (Å²) in [6.45, 7) is 2.48. The lowest BCUT2D eigenvalue weighted by molar-refractivity contribution is -0.116. The van der Waals surface area contributed by atoms with Gasteiger partial charge in [-0.1, -0.05) is 37.3 Å². The second kappa shape index (κ2) is 8.03. The fraction of sp³-hybridized carbons (Fsp3) is 0.211. The summed E-state index contributed by atoms with van der Waals surface area (Å²) in [4.78, 5) is 11.9. The number of hydrogen-bond acceptors (Lipinski definition) is 3. The standard InChI is InChI=1S/C19H21NO3/c1-3-14-4-6-15(7-5-14)9-11-19(22)20-13-16-8-10-17(21)18(12-16)23-2/h4-12,21H,3,13H2,1-2H3,(H,20,22)/b11-9+. The fourth-order valence-corrected chi connectivity index (χ4v) is 2.12. The van der Waals surface area contributed by atoms with Crippen LogP contribution in [0.1, 0.15) is 23.6 Å². The maximum absolute atomic E-state index is 11.9. The molecule has 0 bridgehead atoms. The van der Waals surface area contributed by atoms with Crippen LogP contribution in [0, 0.1) is 0 Å². The highest BCUT2D eigenvalue weighted by Gasteiger charge is 2.03. The molecule has 2 aromatic carbocycles. The van der Waals surface area contributed by atoms with E-state index in [1.807, 2.05) is 12.1 Å². The smallest absolute Gasteiger partial charge is 0.244 e. The third-order valence-corrected chi connectivity index (χ3v) is 3.53. The van der Waals surface area contributed by atoms with Crippen LogP contribution in [0.5, 0.6) is 11.5 Å². The minimum Gasteiger partial charge on any atom is -0.504 e. The Morgan fingerprint density at radius 2 is 1.87 bits per heavy atom. The number of aryl methyl sites for hydroxylation is 1. The van der Waals surface area contributed by atoms with Crippen LogP contribution >= 0.6 is 0 Å². The fourth-order valence-electron chi connectivity index (χ4n) is 2.12. The lowest BCUT2D eigenvalue weighted by atomic mass is 10.1. The highest BCUT2D eigenvalue weighted by molar-refractivity contribution is 5.91. The number of rotatable bonds is 6. The predicted molar refractivity (Wildman–Crippen MR) is 91.4 cm³/mol. The molecule has 0 atom stereocenters. The van der Waals surface area contributed by atoms with Crippen LogP contribution in [-0.2, 0) is 17.8 Å². The Morgan fingerprint density at radius 1 is 1.17 bits per heavy atom. The average Bonchev–Trinajstić information content (AvgIpc) is 2.59. The summed E-state index contributed by atoms with van der Waals surface area (Å²) in [6.07, 6.45) is 4.30. The zero-order valence-electron chi connectivity index (χ0n) is 13.4. The number of phenols is 1. The second-order valence-corrected chi connectivity index (χ2v) is 5.15. The van der Waals surface area contributed by atoms with Crippen molar-refractivity contribution in [3.8, 4) is 11.5 Å². The van der Waals surface area contributed by atoms with Gasteiger partial charge in [0.1, 0.15) is 0 Å². The van der Waals surface area contributed by atoms with E-state index in [-0.39, 0.29) is 11.7 Å². The van der Waals surface area contributed by atoms with Gasteiger partial charge in [-0.15, -0.1) is 0 Å². The molecular weight excluding hydrogens is 290 g/mol. The Hall–Kier alpha value is -2.75. The minimum absolute atomic E-state index is 0.0815. The molecule has 0 saturated carbocycles. The van der Waals surface area contributed by atoms with Gasteiger partial charge in [-0.2, -0.15) is 0 Å². The van der Waals surface area contributed by atoms with Gasteiger partial charge in [0.05, 0.1) is 7.11 Å². The van der Waals surface area contributed by atoms with Crippen molar-refractivity contribution in [1.82, 2.24) is 5.32 Å². The van der Waals surface area contributed by atoms with Crippen LogP contribution in [0.3, 0.4) is 0 Å². The number of methoxy groups -OCH3 is 1. The summed E-state index contributed by atoms with van der Waals surface area (Å²) in [5, 5.41) is 12.3. The van der Waals surface area contributed by atoms with E-state index in [2.05, 4.69) is 24.4 Å². The van der Waals surface area contributed by atoms with E-state index < -0.39 is 0 Å². The van der Waals surface area contributed by atoms with Gasteiger partial charge in [-0.3, -0.25) is 4.79 Å². The number of carbonyl (C=O) groups is 1. The average molecular weight is 311 g/mol. The molecule has 1 amide bonds. The predicted octanol–water partition coefficient (Wildman–Crippen LogP) is 3.29. The van der Waals surface area contributed by atoms with Crippen LogP contribution in [-0.4, -0.2) is 18.1 Å². The zero-order valence-corrected chi connectivity index (χ0v) is 13.4. The number of benzene rings is 2. The molecule has 2 rings (SSSR count). The van der Waals surface area contributed by atoms with Crippen LogP contribution in [0.15, 0.2) is 48.5 Å². The molecule has 0 saturated heterocycles. The van der Waals surface area contributed by atoms with E-state index in [0.29, 0.717) is 12.3 Å². The van der Waals surface area contributed by atoms with E-state index in [1.165, 1.54) is 18.7 Å². The molecule has 0 radical (unpaired) electrons. The number of aromatic hydroxyl groups is 1. The molecule has 0 heterocycles.